The predicted molar refractivity (Wildman–Crippen MR) is 116 cm³/mol. The second kappa shape index (κ2) is 6.74. The Morgan fingerprint density at radius 3 is 1.85 bits per heavy atom. The van der Waals surface area contributed by atoms with E-state index < -0.39 is 21.5 Å². The van der Waals surface area contributed by atoms with Gasteiger partial charge in [-0.15, -0.1) is 0 Å². The zero-order chi connectivity index (χ0) is 18.4. The number of rotatable bonds is 5. The Hall–Kier alpha value is -0.660. The Kier molecular flexibility index (Phi) is 4.85. The molecule has 133 valence electrons. The van der Waals surface area contributed by atoms with Gasteiger partial charge in [0.1, 0.15) is 0 Å². The van der Waals surface area contributed by atoms with Crippen molar-refractivity contribution in [2.45, 2.75) is 19.8 Å². The van der Waals surface area contributed by atoms with Crippen LogP contribution in [0.4, 0.5) is 0 Å². The molecule has 2 aromatic rings. The summed E-state index contributed by atoms with van der Waals surface area (Å²) < 4.78 is 0.358. The van der Waals surface area contributed by atoms with Crippen molar-refractivity contribution < 1.29 is 15.6 Å². The number of allylic oxidation sites excluding steroid dienone is 3. The van der Waals surface area contributed by atoms with Crippen molar-refractivity contribution in [2.24, 2.45) is 0 Å². The maximum absolute atomic E-state index is 7.88. The first-order chi connectivity index (χ1) is 12.5. The zero-order valence-electron chi connectivity index (χ0n) is 14.9. The Morgan fingerprint density at radius 1 is 0.923 bits per heavy atom. The van der Waals surface area contributed by atoms with Crippen LogP contribution in [0.5, 0.6) is 0 Å². The Bertz CT molecular complexity index is 866. The molecule has 26 heavy (non-hydrogen) atoms. The first kappa shape index (κ1) is 18.7. The Morgan fingerprint density at radius 2 is 1.38 bits per heavy atom. The third-order valence-electron chi connectivity index (χ3n) is 6.25. The molecule has 2 aromatic carbocycles. The van der Waals surface area contributed by atoms with E-state index >= 15 is 0 Å². The van der Waals surface area contributed by atoms with Crippen LogP contribution < -0.4 is 0 Å². The van der Waals surface area contributed by atoms with Crippen molar-refractivity contribution in [3.05, 3.63) is 95.6 Å². The van der Waals surface area contributed by atoms with Crippen LogP contribution in [0.1, 0.15) is 29.5 Å². The van der Waals surface area contributed by atoms with E-state index in [1.54, 1.807) is 0 Å². The molecular weight excluding hydrogens is 454 g/mol. The third-order valence-corrected chi connectivity index (χ3v) is 56.1. The van der Waals surface area contributed by atoms with E-state index in [4.69, 9.17) is 17.0 Å². The molecule has 0 heterocycles. The van der Waals surface area contributed by atoms with Gasteiger partial charge in [0.2, 0.25) is 0 Å². The van der Waals surface area contributed by atoms with Gasteiger partial charge in [0, 0.05) is 0 Å². The molecule has 0 fully saturated rings. The minimum atomic E-state index is -4.32. The summed E-state index contributed by atoms with van der Waals surface area (Å²) in [5, 5.41) is 0. The van der Waals surface area contributed by atoms with E-state index in [-0.39, 0.29) is 7.25 Å². The van der Waals surface area contributed by atoms with Gasteiger partial charge < -0.3 is 0 Å². The molecule has 2 aliphatic carbocycles. The average molecular weight is 478 g/mol. The molecule has 0 radical (unpaired) electrons. The number of hydrogen-bond donors (Lipinski definition) is 0. The normalized spacial score (nSPS) is 23.1. The van der Waals surface area contributed by atoms with Gasteiger partial charge in [-0.05, 0) is 0 Å². The van der Waals surface area contributed by atoms with Crippen molar-refractivity contribution >= 4 is 35.1 Å². The quantitative estimate of drug-likeness (QED) is 0.319. The molecule has 0 N–H and O–H groups in total. The van der Waals surface area contributed by atoms with Gasteiger partial charge in [0.25, 0.3) is 0 Å². The van der Waals surface area contributed by atoms with E-state index in [0.29, 0.717) is 0 Å². The molecule has 3 atom stereocenters. The van der Waals surface area contributed by atoms with E-state index in [2.05, 4.69) is 86.0 Å². The number of hydrogen-bond acceptors (Lipinski definition) is 0. The van der Waals surface area contributed by atoms with Crippen LogP contribution in [0.3, 0.4) is 0 Å². The molecule has 0 saturated heterocycles. The summed E-state index contributed by atoms with van der Waals surface area (Å²) in [6.45, 7) is 6.37. The molecular formula is C22H23Cl2SiZr. The van der Waals surface area contributed by atoms with Gasteiger partial charge in [-0.1, -0.05) is 0 Å². The minimum absolute atomic E-state index is 0.179. The summed E-state index contributed by atoms with van der Waals surface area (Å²) in [4.78, 5) is 0. The van der Waals surface area contributed by atoms with E-state index in [9.17, 15) is 0 Å². The van der Waals surface area contributed by atoms with Crippen LogP contribution >= 0.6 is 17.0 Å². The zero-order valence-corrected chi connectivity index (χ0v) is 20.0. The van der Waals surface area contributed by atoms with Crippen LogP contribution in [-0.2, 0) is 15.6 Å². The van der Waals surface area contributed by atoms with Crippen LogP contribution in [0.15, 0.2) is 73.3 Å². The van der Waals surface area contributed by atoms with Gasteiger partial charge in [-0.2, -0.15) is 0 Å². The summed E-state index contributed by atoms with van der Waals surface area (Å²) >= 11 is -4.32. The molecule has 3 unspecified atom stereocenters. The van der Waals surface area contributed by atoms with Gasteiger partial charge in [0.15, 0.2) is 0 Å². The monoisotopic (exact) mass is 475 g/mol. The number of halogens is 2. The topological polar surface area (TPSA) is 0 Å². The van der Waals surface area contributed by atoms with Crippen LogP contribution in [0.25, 0.3) is 12.2 Å². The van der Waals surface area contributed by atoms with Gasteiger partial charge in [-0.25, -0.2) is 0 Å². The van der Waals surface area contributed by atoms with Crippen LogP contribution in [0.2, 0.25) is 12.6 Å². The molecule has 0 spiro atoms. The van der Waals surface area contributed by atoms with E-state index in [0.717, 1.165) is 6.04 Å². The second-order valence-corrected chi connectivity index (χ2v) is 49.0. The summed E-state index contributed by atoms with van der Waals surface area (Å²) in [6, 6.07) is 18.2. The van der Waals surface area contributed by atoms with Crippen molar-refractivity contribution in [1.82, 2.24) is 0 Å². The molecule has 0 amide bonds. The standard InChI is InChI=1S/2C9H7.C4H9Si.2ClH.Zr/c2*1-2-5-9-7-3-6-8(9)4-1;1-3-4-5-2;;;/h2*1-7H;3,5H,1,4H2,2H3;2*1H;/q;;;;;+2/p-2. The summed E-state index contributed by atoms with van der Waals surface area (Å²) in [5.41, 5.74) is 5.19. The van der Waals surface area contributed by atoms with E-state index in [1.807, 2.05) is 6.08 Å². The summed E-state index contributed by atoms with van der Waals surface area (Å²) in [7, 11) is 15.8. The fourth-order valence-corrected chi connectivity index (χ4v) is 39.1. The third kappa shape index (κ3) is 2.65. The molecule has 4 rings (SSSR count). The fraction of sp³-hybridized carbons (Fsp3) is 0.182. The Balaban J connectivity index is 1.92. The molecule has 2 aliphatic rings. The Labute approximate surface area is 165 Å². The number of benzene rings is 2. The molecule has 0 bridgehead atoms. The first-order valence-electron chi connectivity index (χ1n) is 9.19. The SMILES string of the molecule is C=CC[SiH](C)[Zr]([Cl])([Cl])([CH]1C=Cc2ccccc21)[CH]1C=Cc2ccccc21. The van der Waals surface area contributed by atoms with E-state index in [1.165, 1.54) is 22.3 Å². The van der Waals surface area contributed by atoms with Gasteiger partial charge >= 0.3 is 166 Å². The maximum atomic E-state index is 7.88. The summed E-state index contributed by atoms with van der Waals surface area (Å²) in [5.74, 6) is -1.45. The molecule has 0 aromatic heterocycles. The number of fused-ring (bicyclic) bond motifs is 2. The van der Waals surface area contributed by atoms with Crippen molar-refractivity contribution in [1.29, 1.82) is 0 Å². The van der Waals surface area contributed by atoms with Gasteiger partial charge in [-0.3, -0.25) is 0 Å². The fourth-order valence-electron chi connectivity index (χ4n) is 4.74. The van der Waals surface area contributed by atoms with Crippen molar-refractivity contribution in [2.75, 3.05) is 0 Å². The van der Waals surface area contributed by atoms with Crippen LogP contribution in [-0.4, -0.2) is 5.92 Å². The molecule has 0 nitrogen and oxygen atoms in total. The molecule has 4 heteroatoms. The van der Waals surface area contributed by atoms with Crippen LogP contribution in [0, 0.1) is 0 Å². The summed E-state index contributed by atoms with van der Waals surface area (Å²) in [6.07, 6.45) is 11.1. The predicted octanol–water partition coefficient (Wildman–Crippen LogP) is 7.06. The van der Waals surface area contributed by atoms with Crippen molar-refractivity contribution in [3.63, 3.8) is 0 Å². The average Bonchev–Trinajstić information content (AvgIpc) is 3.27. The van der Waals surface area contributed by atoms with Gasteiger partial charge in [0.05, 0.1) is 0 Å². The second-order valence-electron chi connectivity index (χ2n) is 7.58. The first-order valence-corrected chi connectivity index (χ1v) is 25.2. The molecule has 0 aliphatic heterocycles. The molecule has 0 saturated carbocycles. The van der Waals surface area contributed by atoms with Crippen molar-refractivity contribution in [3.8, 4) is 0 Å².